The third kappa shape index (κ3) is 3.31. The minimum Gasteiger partial charge on any atom is -0.443 e. The van der Waals surface area contributed by atoms with Crippen LogP contribution in [0.2, 0.25) is 0 Å². The van der Waals surface area contributed by atoms with Crippen LogP contribution in [0.4, 0.5) is 0 Å². The Hall–Kier alpha value is -2.88. The van der Waals surface area contributed by atoms with Crippen LogP contribution in [0.5, 0.6) is 0 Å². The van der Waals surface area contributed by atoms with E-state index in [2.05, 4.69) is 10.3 Å². The second-order valence-electron chi connectivity index (χ2n) is 5.51. The third-order valence-electron chi connectivity index (χ3n) is 3.71. The Labute approximate surface area is 135 Å². The van der Waals surface area contributed by atoms with Gasteiger partial charge < -0.3 is 9.73 Å². The lowest BCUT2D eigenvalue weighted by molar-refractivity contribution is 0.0935. The van der Waals surface area contributed by atoms with E-state index in [1.165, 1.54) is 6.39 Å². The van der Waals surface area contributed by atoms with Gasteiger partial charge in [-0.3, -0.25) is 4.79 Å². The predicted molar refractivity (Wildman–Crippen MR) is 89.0 cm³/mol. The van der Waals surface area contributed by atoms with Crippen molar-refractivity contribution in [3.05, 3.63) is 77.8 Å². The van der Waals surface area contributed by atoms with Crippen LogP contribution in [0.1, 0.15) is 34.6 Å². The highest BCUT2D eigenvalue weighted by atomic mass is 16.3. The minimum atomic E-state index is -0.244. The number of benzene rings is 2. The van der Waals surface area contributed by atoms with E-state index < -0.39 is 0 Å². The number of hydrogen-bond donors (Lipinski definition) is 1. The summed E-state index contributed by atoms with van der Waals surface area (Å²) in [6.07, 6.45) is 1.31. The number of carbonyl (C=O) groups excluding carboxylic acids is 1. The van der Waals surface area contributed by atoms with Gasteiger partial charge in [-0.15, -0.1) is 0 Å². The highest BCUT2D eigenvalue weighted by Crippen LogP contribution is 2.24. The maximum Gasteiger partial charge on any atom is 0.274 e. The second kappa shape index (κ2) is 6.48. The lowest BCUT2D eigenvalue weighted by atomic mass is 10.1. The predicted octanol–water partition coefficient (Wildman–Crippen LogP) is 4.14. The zero-order valence-corrected chi connectivity index (χ0v) is 13.1. The fourth-order valence-electron chi connectivity index (χ4n) is 2.49. The number of nitrogens with zero attached hydrogens (tertiary/aromatic N) is 1. The number of hydrogen-bond acceptors (Lipinski definition) is 3. The van der Waals surface area contributed by atoms with E-state index in [1.807, 2.05) is 68.4 Å². The van der Waals surface area contributed by atoms with Crippen molar-refractivity contribution in [1.82, 2.24) is 10.3 Å². The van der Waals surface area contributed by atoms with Crippen molar-refractivity contribution >= 4 is 5.91 Å². The molecule has 116 valence electrons. The fraction of sp³-hybridized carbons (Fsp3) is 0.158. The first kappa shape index (κ1) is 15.0. The van der Waals surface area contributed by atoms with Crippen molar-refractivity contribution in [1.29, 1.82) is 0 Å². The standard InChI is InChI=1S/C19H18N2O2/c1-13-7-6-10-16(11-13)18-17(20-12-23-18)19(22)21-14(2)15-8-4-3-5-9-15/h3-12,14H,1-2H3,(H,21,22)/t14-/m1/s1. The number of aromatic nitrogens is 1. The van der Waals surface area contributed by atoms with Gasteiger partial charge >= 0.3 is 0 Å². The Bertz CT molecular complexity index is 809. The van der Waals surface area contributed by atoms with Crippen LogP contribution in [-0.2, 0) is 0 Å². The lowest BCUT2D eigenvalue weighted by Gasteiger charge is -2.13. The summed E-state index contributed by atoms with van der Waals surface area (Å²) in [5.41, 5.74) is 3.29. The van der Waals surface area contributed by atoms with Gasteiger partial charge in [0.1, 0.15) is 0 Å². The number of aryl methyl sites for hydroxylation is 1. The quantitative estimate of drug-likeness (QED) is 0.788. The Morgan fingerprint density at radius 1 is 1.13 bits per heavy atom. The Kier molecular flexibility index (Phi) is 4.24. The molecule has 1 aromatic heterocycles. The van der Waals surface area contributed by atoms with Gasteiger partial charge in [-0.05, 0) is 25.5 Å². The molecule has 0 bridgehead atoms. The largest absolute Gasteiger partial charge is 0.443 e. The van der Waals surface area contributed by atoms with Gasteiger partial charge in [0.05, 0.1) is 6.04 Å². The first-order chi connectivity index (χ1) is 11.1. The van der Waals surface area contributed by atoms with Gasteiger partial charge in [-0.2, -0.15) is 0 Å². The summed E-state index contributed by atoms with van der Waals surface area (Å²) >= 11 is 0. The zero-order chi connectivity index (χ0) is 16.2. The van der Waals surface area contributed by atoms with E-state index in [4.69, 9.17) is 4.42 Å². The van der Waals surface area contributed by atoms with E-state index in [1.54, 1.807) is 0 Å². The highest BCUT2D eigenvalue weighted by molar-refractivity contribution is 5.97. The number of amides is 1. The molecule has 3 aromatic rings. The molecule has 1 atom stereocenters. The van der Waals surface area contributed by atoms with Crippen LogP contribution in [0, 0.1) is 6.92 Å². The fourth-order valence-corrected chi connectivity index (χ4v) is 2.49. The molecule has 1 heterocycles. The minimum absolute atomic E-state index is 0.106. The van der Waals surface area contributed by atoms with E-state index in [0.29, 0.717) is 11.5 Å². The molecule has 0 aliphatic rings. The van der Waals surface area contributed by atoms with Crippen LogP contribution in [0.15, 0.2) is 65.4 Å². The maximum absolute atomic E-state index is 12.5. The number of nitrogens with one attached hydrogen (secondary N) is 1. The molecule has 0 aliphatic heterocycles. The molecule has 3 rings (SSSR count). The smallest absolute Gasteiger partial charge is 0.274 e. The van der Waals surface area contributed by atoms with Gasteiger partial charge in [0.15, 0.2) is 17.8 Å². The highest BCUT2D eigenvalue weighted by Gasteiger charge is 2.20. The lowest BCUT2D eigenvalue weighted by Crippen LogP contribution is -2.27. The first-order valence-electron chi connectivity index (χ1n) is 7.51. The summed E-state index contributed by atoms with van der Waals surface area (Å²) in [4.78, 5) is 16.6. The molecule has 0 unspecified atom stereocenters. The topological polar surface area (TPSA) is 55.1 Å². The second-order valence-corrected chi connectivity index (χ2v) is 5.51. The molecule has 0 saturated carbocycles. The van der Waals surface area contributed by atoms with Gasteiger partial charge in [-0.1, -0.05) is 54.1 Å². The summed E-state index contributed by atoms with van der Waals surface area (Å²) in [5.74, 6) is 0.248. The van der Waals surface area contributed by atoms with Crippen LogP contribution in [0.3, 0.4) is 0 Å². The summed E-state index contributed by atoms with van der Waals surface area (Å²) in [6, 6.07) is 17.5. The van der Waals surface area contributed by atoms with Crippen molar-refractivity contribution < 1.29 is 9.21 Å². The third-order valence-corrected chi connectivity index (χ3v) is 3.71. The molecule has 1 amide bonds. The van der Waals surface area contributed by atoms with E-state index in [-0.39, 0.29) is 11.9 Å². The Balaban J connectivity index is 1.83. The number of rotatable bonds is 4. The molecule has 23 heavy (non-hydrogen) atoms. The number of oxazole rings is 1. The molecule has 1 N–H and O–H groups in total. The molecule has 0 saturated heterocycles. The van der Waals surface area contributed by atoms with Crippen LogP contribution < -0.4 is 5.32 Å². The summed E-state index contributed by atoms with van der Waals surface area (Å²) in [5, 5.41) is 2.96. The molecule has 4 heteroatoms. The monoisotopic (exact) mass is 306 g/mol. The van der Waals surface area contributed by atoms with Crippen molar-refractivity contribution in [2.45, 2.75) is 19.9 Å². The molecular formula is C19H18N2O2. The average Bonchev–Trinajstić information content (AvgIpc) is 3.05. The first-order valence-corrected chi connectivity index (χ1v) is 7.51. The van der Waals surface area contributed by atoms with E-state index in [9.17, 15) is 4.79 Å². The van der Waals surface area contributed by atoms with Gasteiger partial charge in [0.2, 0.25) is 0 Å². The van der Waals surface area contributed by atoms with Crippen LogP contribution in [0.25, 0.3) is 11.3 Å². The Morgan fingerprint density at radius 2 is 1.91 bits per heavy atom. The molecule has 4 nitrogen and oxygen atoms in total. The molecular weight excluding hydrogens is 288 g/mol. The molecule has 0 fully saturated rings. The zero-order valence-electron chi connectivity index (χ0n) is 13.1. The SMILES string of the molecule is Cc1cccc(-c2ocnc2C(=O)N[C@H](C)c2ccccc2)c1. The van der Waals surface area contributed by atoms with Crippen LogP contribution >= 0.6 is 0 Å². The molecule has 2 aromatic carbocycles. The van der Waals surface area contributed by atoms with Crippen molar-refractivity contribution in [2.24, 2.45) is 0 Å². The van der Waals surface area contributed by atoms with Crippen LogP contribution in [-0.4, -0.2) is 10.9 Å². The summed E-state index contributed by atoms with van der Waals surface area (Å²) < 4.78 is 5.44. The molecule has 0 aliphatic carbocycles. The van der Waals surface area contributed by atoms with Gasteiger partial charge in [0.25, 0.3) is 5.91 Å². The molecule has 0 radical (unpaired) electrons. The van der Waals surface area contributed by atoms with E-state index in [0.717, 1.165) is 16.7 Å². The van der Waals surface area contributed by atoms with Crippen molar-refractivity contribution in [2.75, 3.05) is 0 Å². The van der Waals surface area contributed by atoms with Crippen molar-refractivity contribution in [3.8, 4) is 11.3 Å². The number of carbonyl (C=O) groups is 1. The van der Waals surface area contributed by atoms with Crippen molar-refractivity contribution in [3.63, 3.8) is 0 Å². The maximum atomic E-state index is 12.5. The normalized spacial score (nSPS) is 11.9. The Morgan fingerprint density at radius 3 is 2.65 bits per heavy atom. The summed E-state index contributed by atoms with van der Waals surface area (Å²) in [6.45, 7) is 3.94. The summed E-state index contributed by atoms with van der Waals surface area (Å²) in [7, 11) is 0. The molecule has 0 spiro atoms. The van der Waals surface area contributed by atoms with E-state index >= 15 is 0 Å². The van der Waals surface area contributed by atoms with Gasteiger partial charge in [-0.25, -0.2) is 4.98 Å². The average molecular weight is 306 g/mol. The van der Waals surface area contributed by atoms with Gasteiger partial charge in [0, 0.05) is 5.56 Å².